The predicted octanol–water partition coefficient (Wildman–Crippen LogP) is 3.73. The molecule has 21 heavy (non-hydrogen) atoms. The van der Waals surface area contributed by atoms with Gasteiger partial charge in [-0.2, -0.15) is 0 Å². The second-order valence-corrected chi connectivity index (χ2v) is 5.29. The summed E-state index contributed by atoms with van der Waals surface area (Å²) in [6, 6.07) is 11.5. The van der Waals surface area contributed by atoms with Gasteiger partial charge in [0.05, 0.1) is 0 Å². The highest BCUT2D eigenvalue weighted by Crippen LogP contribution is 2.29. The van der Waals surface area contributed by atoms with Gasteiger partial charge in [-0.1, -0.05) is 18.2 Å². The number of carbonyl (C=O) groups excluding carboxylic acids is 1. The lowest BCUT2D eigenvalue weighted by Crippen LogP contribution is -1.95. The molecule has 0 aliphatic rings. The van der Waals surface area contributed by atoms with E-state index in [1.54, 1.807) is 30.6 Å². The second kappa shape index (κ2) is 5.58. The third kappa shape index (κ3) is 2.62. The van der Waals surface area contributed by atoms with Gasteiger partial charge in [-0.15, -0.1) is 12.6 Å². The smallest absolute Gasteiger partial charge is 0.188 e. The van der Waals surface area contributed by atoms with Crippen molar-refractivity contribution in [3.8, 4) is 0 Å². The molecule has 0 N–H and O–H groups in total. The summed E-state index contributed by atoms with van der Waals surface area (Å²) < 4.78 is 2.03. The summed E-state index contributed by atoms with van der Waals surface area (Å²) >= 11 is 4.50. The first-order valence-corrected chi connectivity index (χ1v) is 7.01. The lowest BCUT2D eigenvalue weighted by molar-refractivity contribution is 0.104. The number of allylic oxidation sites excluding steroid dienone is 1. The summed E-state index contributed by atoms with van der Waals surface area (Å²) in [5.41, 5.74) is 2.62. The van der Waals surface area contributed by atoms with Crippen molar-refractivity contribution in [1.29, 1.82) is 0 Å². The monoisotopic (exact) mass is 294 g/mol. The van der Waals surface area contributed by atoms with Gasteiger partial charge in [0.25, 0.3) is 0 Å². The molecule has 0 saturated heterocycles. The van der Waals surface area contributed by atoms with Gasteiger partial charge in [0.1, 0.15) is 0 Å². The molecule has 0 fully saturated rings. The van der Waals surface area contributed by atoms with Crippen molar-refractivity contribution in [1.82, 2.24) is 9.55 Å². The van der Waals surface area contributed by atoms with Gasteiger partial charge in [-0.05, 0) is 18.2 Å². The van der Waals surface area contributed by atoms with Crippen molar-refractivity contribution in [3.63, 3.8) is 0 Å². The Morgan fingerprint density at radius 3 is 2.81 bits per heavy atom. The maximum atomic E-state index is 12.2. The topological polar surface area (TPSA) is 34.9 Å². The Balaban J connectivity index is 2.03. The van der Waals surface area contributed by atoms with E-state index in [0.717, 1.165) is 16.5 Å². The van der Waals surface area contributed by atoms with Crippen molar-refractivity contribution in [2.75, 3.05) is 0 Å². The van der Waals surface area contributed by atoms with Gasteiger partial charge < -0.3 is 4.57 Å². The normalized spacial score (nSPS) is 11.8. The second-order valence-electron chi connectivity index (χ2n) is 4.81. The minimum Gasteiger partial charge on any atom is -0.350 e. The molecule has 0 atom stereocenters. The number of thiol groups is 1. The standard InChI is InChI=1S/C17H14N2OS/c1-19-11-14(13-6-2-3-7-15(13)19)17(21)9-16(20)12-5-4-8-18-10-12/h2-11,21H,1H3/b17-9-. The fourth-order valence-electron chi connectivity index (χ4n) is 2.34. The van der Waals surface area contributed by atoms with Gasteiger partial charge in [0.2, 0.25) is 0 Å². The molecule has 3 rings (SSSR count). The molecule has 0 aliphatic heterocycles. The molecular formula is C17H14N2OS. The van der Waals surface area contributed by atoms with Gasteiger partial charge in [0.15, 0.2) is 5.78 Å². The molecule has 0 amide bonds. The zero-order chi connectivity index (χ0) is 14.8. The van der Waals surface area contributed by atoms with E-state index < -0.39 is 0 Å². The number of ketones is 1. The number of aryl methyl sites for hydroxylation is 1. The third-order valence-electron chi connectivity index (χ3n) is 3.39. The number of rotatable bonds is 3. The minimum atomic E-state index is -0.0963. The number of aromatic nitrogens is 2. The van der Waals surface area contributed by atoms with Crippen LogP contribution < -0.4 is 0 Å². The number of benzene rings is 1. The summed E-state index contributed by atoms with van der Waals surface area (Å²) in [4.78, 5) is 16.8. The highest BCUT2D eigenvalue weighted by atomic mass is 32.1. The van der Waals surface area contributed by atoms with Crippen molar-refractivity contribution >= 4 is 34.2 Å². The fraction of sp³-hybridized carbons (Fsp3) is 0.0588. The van der Waals surface area contributed by atoms with Crippen LogP contribution in [0.3, 0.4) is 0 Å². The molecule has 104 valence electrons. The number of hydrogen-bond acceptors (Lipinski definition) is 3. The van der Waals surface area contributed by atoms with E-state index in [-0.39, 0.29) is 5.78 Å². The molecule has 0 bridgehead atoms. The van der Waals surface area contributed by atoms with Crippen molar-refractivity contribution in [3.05, 3.63) is 72.2 Å². The largest absolute Gasteiger partial charge is 0.350 e. The van der Waals surface area contributed by atoms with Crippen LogP contribution in [0.1, 0.15) is 15.9 Å². The Bertz CT molecular complexity index is 834. The van der Waals surface area contributed by atoms with E-state index in [9.17, 15) is 4.79 Å². The average Bonchev–Trinajstić information content (AvgIpc) is 2.86. The van der Waals surface area contributed by atoms with Gasteiger partial charge in [0, 0.05) is 58.6 Å². The van der Waals surface area contributed by atoms with Crippen LogP contribution in [-0.4, -0.2) is 15.3 Å². The molecule has 0 saturated carbocycles. The van der Waals surface area contributed by atoms with Crippen molar-refractivity contribution in [2.24, 2.45) is 7.05 Å². The number of hydrogen-bond donors (Lipinski definition) is 1. The molecule has 0 radical (unpaired) electrons. The zero-order valence-electron chi connectivity index (χ0n) is 11.5. The minimum absolute atomic E-state index is 0.0963. The zero-order valence-corrected chi connectivity index (χ0v) is 12.4. The number of fused-ring (bicyclic) bond motifs is 1. The van der Waals surface area contributed by atoms with Gasteiger partial charge in [-0.3, -0.25) is 9.78 Å². The summed E-state index contributed by atoms with van der Waals surface area (Å²) in [6.45, 7) is 0. The van der Waals surface area contributed by atoms with Crippen LogP contribution in [0.25, 0.3) is 15.8 Å². The van der Waals surface area contributed by atoms with Crippen molar-refractivity contribution in [2.45, 2.75) is 0 Å². The predicted molar refractivity (Wildman–Crippen MR) is 88.4 cm³/mol. The average molecular weight is 294 g/mol. The van der Waals surface area contributed by atoms with Crippen LogP contribution >= 0.6 is 12.6 Å². The Kier molecular flexibility index (Phi) is 3.62. The highest BCUT2D eigenvalue weighted by Gasteiger charge is 2.10. The third-order valence-corrected chi connectivity index (χ3v) is 3.76. The quantitative estimate of drug-likeness (QED) is 0.454. The Morgan fingerprint density at radius 1 is 1.24 bits per heavy atom. The Labute approximate surface area is 128 Å². The molecule has 2 aromatic heterocycles. The molecule has 0 unspecified atom stereocenters. The van der Waals surface area contributed by atoms with Crippen molar-refractivity contribution < 1.29 is 4.79 Å². The molecule has 4 heteroatoms. The first-order chi connectivity index (χ1) is 10.2. The molecule has 3 nitrogen and oxygen atoms in total. The fourth-order valence-corrected chi connectivity index (χ4v) is 2.64. The summed E-state index contributed by atoms with van der Waals surface area (Å²) in [7, 11) is 1.98. The SMILES string of the molecule is Cn1cc(/C(S)=C/C(=O)c2cccnc2)c2ccccc21. The lowest BCUT2D eigenvalue weighted by atomic mass is 10.1. The first-order valence-electron chi connectivity index (χ1n) is 6.56. The van der Waals surface area contributed by atoms with E-state index in [1.165, 1.54) is 0 Å². The molecule has 0 spiro atoms. The van der Waals surface area contributed by atoms with E-state index in [0.29, 0.717) is 10.5 Å². The van der Waals surface area contributed by atoms with Crippen LogP contribution in [0.15, 0.2) is 61.1 Å². The van der Waals surface area contributed by atoms with Gasteiger partial charge >= 0.3 is 0 Å². The summed E-state index contributed by atoms with van der Waals surface area (Å²) in [6.07, 6.45) is 6.73. The van der Waals surface area contributed by atoms with Crippen LogP contribution in [0.4, 0.5) is 0 Å². The number of carbonyl (C=O) groups is 1. The van der Waals surface area contributed by atoms with Crippen LogP contribution in [0.2, 0.25) is 0 Å². The molecule has 2 heterocycles. The maximum absolute atomic E-state index is 12.2. The molecule has 3 aromatic rings. The number of nitrogens with zero attached hydrogens (tertiary/aromatic N) is 2. The van der Waals surface area contributed by atoms with Crippen LogP contribution in [-0.2, 0) is 7.05 Å². The van der Waals surface area contributed by atoms with E-state index in [4.69, 9.17) is 0 Å². The molecule has 1 aromatic carbocycles. The van der Waals surface area contributed by atoms with Crippen LogP contribution in [0, 0.1) is 0 Å². The first kappa shape index (κ1) is 13.6. The van der Waals surface area contributed by atoms with E-state index in [2.05, 4.69) is 17.6 Å². The summed E-state index contributed by atoms with van der Waals surface area (Å²) in [5, 5.41) is 1.08. The number of para-hydroxylation sites is 1. The molecular weight excluding hydrogens is 280 g/mol. The van der Waals surface area contributed by atoms with E-state index in [1.807, 2.05) is 42.1 Å². The maximum Gasteiger partial charge on any atom is 0.188 e. The van der Waals surface area contributed by atoms with E-state index >= 15 is 0 Å². The number of pyridine rings is 1. The summed E-state index contributed by atoms with van der Waals surface area (Å²) in [5.74, 6) is -0.0963. The molecule has 0 aliphatic carbocycles. The van der Waals surface area contributed by atoms with Crippen LogP contribution in [0.5, 0.6) is 0 Å². The Hall–Kier alpha value is -2.33. The lowest BCUT2D eigenvalue weighted by Gasteiger charge is -1.99. The van der Waals surface area contributed by atoms with Gasteiger partial charge in [-0.25, -0.2) is 0 Å². The Morgan fingerprint density at radius 2 is 2.05 bits per heavy atom. The highest BCUT2D eigenvalue weighted by molar-refractivity contribution is 7.90.